The third-order valence-electron chi connectivity index (χ3n) is 4.99. The van der Waals surface area contributed by atoms with Crippen molar-refractivity contribution in [2.24, 2.45) is 0 Å². The van der Waals surface area contributed by atoms with E-state index in [0.717, 1.165) is 11.3 Å². The Hall–Kier alpha value is -3.55. The largest absolute Gasteiger partial charge is 0.491 e. The zero-order valence-corrected chi connectivity index (χ0v) is 19.3. The maximum atomic E-state index is 11.4. The molecule has 1 unspecified atom stereocenters. The van der Waals surface area contributed by atoms with Crippen molar-refractivity contribution >= 4 is 5.97 Å². The number of carbonyl (C=O) groups is 1. The molecule has 0 spiro atoms. The van der Waals surface area contributed by atoms with Crippen LogP contribution in [0.25, 0.3) is 0 Å². The lowest BCUT2D eigenvalue weighted by molar-refractivity contribution is -0.142. The summed E-state index contributed by atoms with van der Waals surface area (Å²) in [6.45, 7) is 2.03. The van der Waals surface area contributed by atoms with Gasteiger partial charge in [-0.2, -0.15) is 0 Å². The van der Waals surface area contributed by atoms with Crippen molar-refractivity contribution < 1.29 is 28.8 Å². The van der Waals surface area contributed by atoms with Crippen molar-refractivity contribution in [2.45, 2.75) is 12.6 Å². The molecule has 7 nitrogen and oxygen atoms in total. The van der Waals surface area contributed by atoms with Crippen molar-refractivity contribution in [3.8, 4) is 17.2 Å². The third-order valence-corrected chi connectivity index (χ3v) is 4.99. The van der Waals surface area contributed by atoms with E-state index in [1.807, 2.05) is 60.7 Å². The molecule has 0 saturated heterocycles. The molecule has 0 aliphatic heterocycles. The molecule has 7 heteroatoms. The lowest BCUT2D eigenvalue weighted by Gasteiger charge is -2.25. The summed E-state index contributed by atoms with van der Waals surface area (Å²) in [5.74, 6) is 1.27. The Morgan fingerprint density at radius 1 is 0.853 bits per heavy atom. The van der Waals surface area contributed by atoms with E-state index in [2.05, 4.69) is 21.8 Å². The summed E-state index contributed by atoms with van der Waals surface area (Å²) >= 11 is 0. The molecule has 0 fully saturated rings. The maximum Gasteiger partial charge on any atom is 0.343 e. The van der Waals surface area contributed by atoms with Gasteiger partial charge < -0.3 is 24.1 Å². The quantitative estimate of drug-likeness (QED) is 0.365. The Kier molecular flexibility index (Phi) is 10.2. The van der Waals surface area contributed by atoms with E-state index >= 15 is 0 Å². The summed E-state index contributed by atoms with van der Waals surface area (Å²) in [7, 11) is 1.31. The van der Waals surface area contributed by atoms with Crippen LogP contribution in [0.2, 0.25) is 0 Å². The molecule has 0 aliphatic carbocycles. The SMILES string of the molecule is COC(=O)COc1ccccc1OCCN(Cc1ccccc1)CC(O)COc1ccccc1. The number of nitrogens with zero attached hydrogens (tertiary/aromatic N) is 1. The van der Waals surface area contributed by atoms with Gasteiger partial charge in [-0.3, -0.25) is 4.90 Å². The van der Waals surface area contributed by atoms with Crippen LogP contribution in [0.3, 0.4) is 0 Å². The number of hydrogen-bond donors (Lipinski definition) is 1. The molecule has 3 aromatic rings. The lowest BCUT2D eigenvalue weighted by Crippen LogP contribution is -2.37. The van der Waals surface area contributed by atoms with Gasteiger partial charge in [-0.1, -0.05) is 60.7 Å². The first-order chi connectivity index (χ1) is 16.6. The fraction of sp³-hybridized carbons (Fsp3) is 0.296. The van der Waals surface area contributed by atoms with Crippen LogP contribution >= 0.6 is 0 Å². The first-order valence-corrected chi connectivity index (χ1v) is 11.2. The van der Waals surface area contributed by atoms with Crippen molar-refractivity contribution in [3.63, 3.8) is 0 Å². The molecule has 0 aromatic heterocycles. The Labute approximate surface area is 200 Å². The van der Waals surface area contributed by atoms with Crippen molar-refractivity contribution in [1.82, 2.24) is 4.90 Å². The van der Waals surface area contributed by atoms with Crippen molar-refractivity contribution in [3.05, 3.63) is 90.5 Å². The molecule has 180 valence electrons. The molecule has 0 saturated carbocycles. The number of aliphatic hydroxyl groups is 1. The average Bonchev–Trinajstić information content (AvgIpc) is 2.88. The lowest BCUT2D eigenvalue weighted by atomic mass is 10.2. The normalized spacial score (nSPS) is 11.6. The second-order valence-electron chi connectivity index (χ2n) is 7.66. The molecule has 1 atom stereocenters. The highest BCUT2D eigenvalue weighted by Gasteiger charge is 2.15. The van der Waals surface area contributed by atoms with E-state index in [9.17, 15) is 9.90 Å². The summed E-state index contributed by atoms with van der Waals surface area (Å²) in [5.41, 5.74) is 1.14. The van der Waals surface area contributed by atoms with Gasteiger partial charge >= 0.3 is 5.97 Å². The molecule has 3 aromatic carbocycles. The molecule has 0 amide bonds. The zero-order chi connectivity index (χ0) is 24.0. The summed E-state index contributed by atoms with van der Waals surface area (Å²) in [4.78, 5) is 13.5. The topological polar surface area (TPSA) is 77.5 Å². The monoisotopic (exact) mass is 465 g/mol. The van der Waals surface area contributed by atoms with Gasteiger partial charge in [-0.05, 0) is 29.8 Å². The van der Waals surface area contributed by atoms with E-state index < -0.39 is 12.1 Å². The van der Waals surface area contributed by atoms with Crippen LogP contribution in [0.1, 0.15) is 5.56 Å². The zero-order valence-electron chi connectivity index (χ0n) is 19.3. The van der Waals surface area contributed by atoms with Gasteiger partial charge in [0.2, 0.25) is 0 Å². The number of para-hydroxylation sites is 3. The van der Waals surface area contributed by atoms with Crippen LogP contribution in [0, 0.1) is 0 Å². The van der Waals surface area contributed by atoms with E-state index in [-0.39, 0.29) is 13.2 Å². The summed E-state index contributed by atoms with van der Waals surface area (Å²) in [5, 5.41) is 10.6. The number of rotatable bonds is 14. The van der Waals surface area contributed by atoms with Crippen LogP contribution < -0.4 is 14.2 Å². The summed E-state index contributed by atoms with van der Waals surface area (Å²) < 4.78 is 21.8. The smallest absolute Gasteiger partial charge is 0.343 e. The van der Waals surface area contributed by atoms with Crippen LogP contribution in [0.4, 0.5) is 0 Å². The molecule has 0 heterocycles. The van der Waals surface area contributed by atoms with E-state index in [0.29, 0.717) is 37.7 Å². The number of esters is 1. The molecule has 0 aliphatic rings. The second kappa shape index (κ2) is 13.9. The molecule has 34 heavy (non-hydrogen) atoms. The molecule has 0 bridgehead atoms. The highest BCUT2D eigenvalue weighted by Crippen LogP contribution is 2.26. The van der Waals surface area contributed by atoms with E-state index in [1.165, 1.54) is 7.11 Å². The minimum atomic E-state index is -0.667. The molecule has 0 radical (unpaired) electrons. The standard InChI is InChI=1S/C27H31NO6/c1-31-27(30)21-34-26-15-9-8-14-25(26)32-17-16-28(18-22-10-4-2-5-11-22)19-23(29)20-33-24-12-6-3-7-13-24/h2-15,23,29H,16-21H2,1H3. The van der Waals surface area contributed by atoms with Gasteiger partial charge in [0.25, 0.3) is 0 Å². The number of aliphatic hydroxyl groups excluding tert-OH is 1. The minimum Gasteiger partial charge on any atom is -0.491 e. The minimum absolute atomic E-state index is 0.190. The first-order valence-electron chi connectivity index (χ1n) is 11.2. The van der Waals surface area contributed by atoms with Crippen LogP contribution in [0.5, 0.6) is 17.2 Å². The number of carbonyl (C=O) groups excluding carboxylic acids is 1. The highest BCUT2D eigenvalue weighted by molar-refractivity contribution is 5.71. The average molecular weight is 466 g/mol. The van der Waals surface area contributed by atoms with Crippen molar-refractivity contribution in [1.29, 1.82) is 0 Å². The maximum absolute atomic E-state index is 11.4. The number of hydrogen-bond acceptors (Lipinski definition) is 7. The van der Waals surface area contributed by atoms with Gasteiger partial charge in [0, 0.05) is 19.6 Å². The van der Waals surface area contributed by atoms with Gasteiger partial charge in [0.05, 0.1) is 7.11 Å². The van der Waals surface area contributed by atoms with Gasteiger partial charge in [0.1, 0.15) is 25.1 Å². The van der Waals surface area contributed by atoms with Gasteiger partial charge in [-0.25, -0.2) is 4.79 Å². The molecule has 3 rings (SSSR count). The van der Waals surface area contributed by atoms with Crippen molar-refractivity contribution in [2.75, 3.05) is 40.0 Å². The Morgan fingerprint density at radius 2 is 1.47 bits per heavy atom. The third kappa shape index (κ3) is 8.77. The molecular weight excluding hydrogens is 434 g/mol. The fourth-order valence-electron chi connectivity index (χ4n) is 3.31. The number of benzene rings is 3. The van der Waals surface area contributed by atoms with Gasteiger partial charge in [-0.15, -0.1) is 0 Å². The van der Waals surface area contributed by atoms with E-state index in [1.54, 1.807) is 12.1 Å². The predicted octanol–water partition coefficient (Wildman–Crippen LogP) is 3.56. The van der Waals surface area contributed by atoms with Gasteiger partial charge in [0.15, 0.2) is 18.1 Å². The first kappa shape index (κ1) is 25.1. The number of methoxy groups -OCH3 is 1. The summed E-state index contributed by atoms with van der Waals surface area (Å²) in [6, 6.07) is 26.7. The highest BCUT2D eigenvalue weighted by atomic mass is 16.6. The molecular formula is C27H31NO6. The summed E-state index contributed by atoms with van der Waals surface area (Å²) in [6.07, 6.45) is -0.667. The Balaban J connectivity index is 1.56. The van der Waals surface area contributed by atoms with E-state index in [4.69, 9.17) is 14.2 Å². The fourth-order valence-corrected chi connectivity index (χ4v) is 3.31. The van der Waals surface area contributed by atoms with Crippen LogP contribution in [0.15, 0.2) is 84.9 Å². The predicted molar refractivity (Wildman–Crippen MR) is 129 cm³/mol. The Morgan fingerprint density at radius 3 is 2.15 bits per heavy atom. The molecule has 1 N–H and O–H groups in total. The van der Waals surface area contributed by atoms with Crippen LogP contribution in [-0.4, -0.2) is 62.1 Å². The van der Waals surface area contributed by atoms with Crippen LogP contribution in [-0.2, 0) is 16.1 Å². The second-order valence-corrected chi connectivity index (χ2v) is 7.66. The number of ether oxygens (including phenoxy) is 4. The Bertz CT molecular complexity index is 983.